The van der Waals surface area contributed by atoms with Crippen LogP contribution in [-0.2, 0) is 17.3 Å². The monoisotopic (exact) mass is 388 g/mol. The summed E-state index contributed by atoms with van der Waals surface area (Å²) in [5, 5.41) is 9.61. The van der Waals surface area contributed by atoms with Crippen LogP contribution in [0.2, 0.25) is 0 Å². The molecule has 2 aromatic heterocycles. The SMILES string of the molecule is CCNC(=NCC(C)(C)c1cccs1)N1CCN(c2cnn(C)c2)C(=O)C1. The molecule has 8 heteroatoms. The van der Waals surface area contributed by atoms with Gasteiger partial charge in [0.1, 0.15) is 6.54 Å². The lowest BCUT2D eigenvalue weighted by Crippen LogP contribution is -2.55. The number of hydrogen-bond acceptors (Lipinski definition) is 4. The molecule has 0 unspecified atom stereocenters. The summed E-state index contributed by atoms with van der Waals surface area (Å²) in [5.74, 6) is 0.874. The van der Waals surface area contributed by atoms with E-state index in [2.05, 4.69) is 41.8 Å². The average Bonchev–Trinajstić information content (AvgIpc) is 3.30. The quantitative estimate of drug-likeness (QED) is 0.629. The highest BCUT2D eigenvalue weighted by atomic mass is 32.1. The van der Waals surface area contributed by atoms with Crippen molar-refractivity contribution in [2.75, 3.05) is 37.6 Å². The fourth-order valence-corrected chi connectivity index (χ4v) is 3.96. The maximum absolute atomic E-state index is 12.7. The zero-order chi connectivity index (χ0) is 19.4. The van der Waals surface area contributed by atoms with E-state index in [0.717, 1.165) is 24.7 Å². The Bertz CT molecular complexity index is 795. The molecule has 1 saturated heterocycles. The molecular formula is C19H28N6OS. The van der Waals surface area contributed by atoms with Crippen LogP contribution in [0.3, 0.4) is 0 Å². The van der Waals surface area contributed by atoms with Crippen molar-refractivity contribution < 1.29 is 4.79 Å². The number of aromatic nitrogens is 2. The number of rotatable bonds is 5. The summed E-state index contributed by atoms with van der Waals surface area (Å²) in [5.41, 5.74) is 0.819. The van der Waals surface area contributed by atoms with Gasteiger partial charge in [0.2, 0.25) is 5.91 Å². The summed E-state index contributed by atoms with van der Waals surface area (Å²) < 4.78 is 1.72. The number of nitrogens with zero attached hydrogens (tertiary/aromatic N) is 5. The number of aliphatic imine (C=N–C) groups is 1. The van der Waals surface area contributed by atoms with Crippen molar-refractivity contribution >= 4 is 28.9 Å². The van der Waals surface area contributed by atoms with Crippen molar-refractivity contribution in [2.24, 2.45) is 12.0 Å². The van der Waals surface area contributed by atoms with E-state index in [-0.39, 0.29) is 11.3 Å². The topological polar surface area (TPSA) is 65.8 Å². The van der Waals surface area contributed by atoms with Crippen molar-refractivity contribution in [3.63, 3.8) is 0 Å². The smallest absolute Gasteiger partial charge is 0.246 e. The molecule has 1 amide bonds. The fourth-order valence-electron chi connectivity index (χ4n) is 3.11. The van der Waals surface area contributed by atoms with Crippen LogP contribution in [0.1, 0.15) is 25.6 Å². The van der Waals surface area contributed by atoms with E-state index in [9.17, 15) is 4.79 Å². The van der Waals surface area contributed by atoms with Gasteiger partial charge in [0, 0.05) is 43.2 Å². The first-order valence-electron chi connectivity index (χ1n) is 9.27. The molecule has 1 N–H and O–H groups in total. The molecular weight excluding hydrogens is 360 g/mol. The van der Waals surface area contributed by atoms with Crippen LogP contribution in [-0.4, -0.2) is 59.3 Å². The molecule has 0 atom stereocenters. The van der Waals surface area contributed by atoms with Gasteiger partial charge in [-0.25, -0.2) is 0 Å². The number of hydrogen-bond donors (Lipinski definition) is 1. The van der Waals surface area contributed by atoms with E-state index >= 15 is 0 Å². The van der Waals surface area contributed by atoms with E-state index in [1.54, 1.807) is 27.1 Å². The number of carbonyl (C=O) groups excluding carboxylic acids is 1. The zero-order valence-corrected chi connectivity index (χ0v) is 17.3. The Kier molecular flexibility index (Phi) is 5.84. The van der Waals surface area contributed by atoms with Gasteiger partial charge in [0.05, 0.1) is 18.4 Å². The maximum Gasteiger partial charge on any atom is 0.246 e. The number of carbonyl (C=O) groups is 1. The number of piperazine rings is 1. The molecule has 7 nitrogen and oxygen atoms in total. The molecule has 1 aliphatic heterocycles. The summed E-state index contributed by atoms with van der Waals surface area (Å²) in [6, 6.07) is 4.23. The molecule has 2 aromatic rings. The number of amides is 1. The van der Waals surface area contributed by atoms with Gasteiger partial charge in [-0.05, 0) is 18.4 Å². The molecule has 1 aliphatic rings. The lowest BCUT2D eigenvalue weighted by molar-refractivity contribution is -0.120. The van der Waals surface area contributed by atoms with Gasteiger partial charge in [-0.3, -0.25) is 14.5 Å². The molecule has 27 heavy (non-hydrogen) atoms. The van der Waals surface area contributed by atoms with E-state index < -0.39 is 0 Å². The molecule has 1 fully saturated rings. The van der Waals surface area contributed by atoms with Crippen LogP contribution in [0.4, 0.5) is 5.69 Å². The van der Waals surface area contributed by atoms with E-state index in [0.29, 0.717) is 19.6 Å². The van der Waals surface area contributed by atoms with Gasteiger partial charge < -0.3 is 15.1 Å². The van der Waals surface area contributed by atoms with Crippen molar-refractivity contribution in [1.29, 1.82) is 0 Å². The summed E-state index contributed by atoms with van der Waals surface area (Å²) in [6.07, 6.45) is 3.60. The minimum atomic E-state index is -0.0314. The van der Waals surface area contributed by atoms with Crippen molar-refractivity contribution in [3.05, 3.63) is 34.8 Å². The molecule has 3 heterocycles. The summed E-state index contributed by atoms with van der Waals surface area (Å²) >= 11 is 1.76. The standard InChI is InChI=1S/C19H28N6OS/c1-5-20-18(21-14-19(2,3)16-7-6-10-27-16)24-8-9-25(17(26)13-24)15-11-22-23(4)12-15/h6-7,10-12H,5,8-9,13-14H2,1-4H3,(H,20,21). The molecule has 0 radical (unpaired) electrons. The highest BCUT2D eigenvalue weighted by Crippen LogP contribution is 2.27. The van der Waals surface area contributed by atoms with Crippen LogP contribution < -0.4 is 10.2 Å². The average molecular weight is 389 g/mol. The third-order valence-electron chi connectivity index (χ3n) is 4.67. The second-order valence-electron chi connectivity index (χ2n) is 7.37. The number of anilines is 1. The van der Waals surface area contributed by atoms with Gasteiger partial charge in [0.15, 0.2) is 5.96 Å². The minimum absolute atomic E-state index is 0.0314. The Balaban J connectivity index is 1.69. The first-order chi connectivity index (χ1) is 12.9. The van der Waals surface area contributed by atoms with Crippen LogP contribution in [0, 0.1) is 0 Å². The van der Waals surface area contributed by atoms with E-state index in [1.165, 1.54) is 4.88 Å². The first kappa shape index (κ1) is 19.4. The third kappa shape index (κ3) is 4.50. The summed E-state index contributed by atoms with van der Waals surface area (Å²) in [7, 11) is 1.86. The molecule has 0 spiro atoms. The Labute approximate surface area is 164 Å². The third-order valence-corrected chi connectivity index (χ3v) is 5.91. The molecule has 0 aromatic carbocycles. The Morgan fingerprint density at radius 1 is 1.41 bits per heavy atom. The lowest BCUT2D eigenvalue weighted by Gasteiger charge is -2.35. The summed E-state index contributed by atoms with van der Waals surface area (Å²) in [4.78, 5) is 22.7. The molecule has 0 bridgehead atoms. The first-order valence-corrected chi connectivity index (χ1v) is 10.1. The van der Waals surface area contributed by atoms with E-state index in [4.69, 9.17) is 4.99 Å². The highest BCUT2D eigenvalue weighted by molar-refractivity contribution is 7.10. The maximum atomic E-state index is 12.7. The van der Waals surface area contributed by atoms with Gasteiger partial charge in [-0.1, -0.05) is 19.9 Å². The molecule has 0 aliphatic carbocycles. The molecule has 146 valence electrons. The fraction of sp³-hybridized carbons (Fsp3) is 0.526. The van der Waals surface area contributed by atoms with Gasteiger partial charge >= 0.3 is 0 Å². The number of aryl methyl sites for hydroxylation is 1. The van der Waals surface area contributed by atoms with Gasteiger partial charge in [0.25, 0.3) is 0 Å². The highest BCUT2D eigenvalue weighted by Gasteiger charge is 2.28. The lowest BCUT2D eigenvalue weighted by atomic mass is 9.92. The van der Waals surface area contributed by atoms with Crippen LogP contribution in [0.25, 0.3) is 0 Å². The Morgan fingerprint density at radius 2 is 2.22 bits per heavy atom. The van der Waals surface area contributed by atoms with Crippen molar-refractivity contribution in [1.82, 2.24) is 20.0 Å². The second-order valence-corrected chi connectivity index (χ2v) is 8.32. The van der Waals surface area contributed by atoms with E-state index in [1.807, 2.05) is 25.1 Å². The minimum Gasteiger partial charge on any atom is -0.357 e. The van der Waals surface area contributed by atoms with Crippen molar-refractivity contribution in [3.8, 4) is 0 Å². The Morgan fingerprint density at radius 3 is 2.81 bits per heavy atom. The number of thiophene rings is 1. The summed E-state index contributed by atoms with van der Waals surface area (Å²) in [6.45, 7) is 9.60. The van der Waals surface area contributed by atoms with Gasteiger partial charge in [-0.2, -0.15) is 5.10 Å². The molecule has 0 saturated carbocycles. The van der Waals surface area contributed by atoms with Gasteiger partial charge in [-0.15, -0.1) is 11.3 Å². The second kappa shape index (κ2) is 8.12. The van der Waals surface area contributed by atoms with Crippen LogP contribution >= 0.6 is 11.3 Å². The number of guanidine groups is 1. The van der Waals surface area contributed by atoms with Crippen molar-refractivity contribution in [2.45, 2.75) is 26.2 Å². The normalized spacial score (nSPS) is 16.1. The Hall–Kier alpha value is -2.35. The molecule has 3 rings (SSSR count). The van der Waals surface area contributed by atoms with Crippen LogP contribution in [0.15, 0.2) is 34.9 Å². The predicted molar refractivity (Wildman–Crippen MR) is 110 cm³/mol. The largest absolute Gasteiger partial charge is 0.357 e. The predicted octanol–water partition coefficient (Wildman–Crippen LogP) is 2.07. The zero-order valence-electron chi connectivity index (χ0n) is 16.5. The van der Waals surface area contributed by atoms with Crippen LogP contribution in [0.5, 0.6) is 0 Å². The number of nitrogens with one attached hydrogen (secondary N) is 1.